The van der Waals surface area contributed by atoms with Crippen molar-refractivity contribution in [3.05, 3.63) is 84.2 Å². The third kappa shape index (κ3) is 10.2. The molecule has 0 unspecified atom stereocenters. The van der Waals surface area contributed by atoms with Crippen molar-refractivity contribution < 1.29 is 37.8 Å². The number of hydrogen-bond donors (Lipinski definition) is 3. The standard InChI is InChI=1S/C36H43FN4O7/c1-5-41-17-18-46-30-14-10-9-13-27(30)34(43)40-28(21-33(42)39-29(36(41)45)19-23(2)3)35(44)38-24(4)22-47-31-16-15-25(37)20-32(31)48-26-11-7-6-8-12-26/h6-16,20,23-24,28-29H,5,17-19,21-22H2,1-4H3,(H,38,44)(H,39,42)(H,40,43)/t24-,28+,29+/m1/s1. The summed E-state index contributed by atoms with van der Waals surface area (Å²) in [4.78, 5) is 55.5. The highest BCUT2D eigenvalue weighted by Crippen LogP contribution is 2.32. The molecule has 48 heavy (non-hydrogen) atoms. The second-order valence-electron chi connectivity index (χ2n) is 12.0. The number of carbonyl (C=O) groups is 4. The van der Waals surface area contributed by atoms with Crippen LogP contribution in [0.2, 0.25) is 0 Å². The van der Waals surface area contributed by atoms with E-state index in [0.717, 1.165) is 0 Å². The lowest BCUT2D eigenvalue weighted by Crippen LogP contribution is -2.54. The van der Waals surface area contributed by atoms with Crippen molar-refractivity contribution in [3.63, 3.8) is 0 Å². The Hall–Kier alpha value is -5.13. The van der Waals surface area contributed by atoms with Crippen LogP contribution in [-0.2, 0) is 14.4 Å². The average Bonchev–Trinajstić information content (AvgIpc) is 3.05. The van der Waals surface area contributed by atoms with Crippen LogP contribution in [0.1, 0.15) is 50.9 Å². The average molecular weight is 663 g/mol. The third-order valence-electron chi connectivity index (χ3n) is 7.55. The van der Waals surface area contributed by atoms with E-state index in [-0.39, 0.29) is 54.4 Å². The van der Waals surface area contributed by atoms with Gasteiger partial charge >= 0.3 is 0 Å². The zero-order valence-corrected chi connectivity index (χ0v) is 27.7. The van der Waals surface area contributed by atoms with Gasteiger partial charge in [-0.15, -0.1) is 0 Å². The molecule has 0 saturated heterocycles. The van der Waals surface area contributed by atoms with E-state index in [1.165, 1.54) is 18.2 Å². The van der Waals surface area contributed by atoms with Gasteiger partial charge in [0.1, 0.15) is 42.6 Å². The molecule has 0 aromatic heterocycles. The fourth-order valence-electron chi connectivity index (χ4n) is 5.16. The molecule has 4 rings (SSSR count). The number of likely N-dealkylation sites (N-methyl/N-ethyl adjacent to an activating group) is 1. The fraction of sp³-hybridized carbons (Fsp3) is 0.389. The lowest BCUT2D eigenvalue weighted by atomic mass is 10.0. The molecule has 4 amide bonds. The number of rotatable bonds is 10. The molecule has 0 saturated carbocycles. The van der Waals surface area contributed by atoms with Crippen molar-refractivity contribution in [2.45, 2.75) is 58.7 Å². The van der Waals surface area contributed by atoms with Crippen molar-refractivity contribution in [1.82, 2.24) is 20.9 Å². The molecule has 1 heterocycles. The molecule has 11 nitrogen and oxygen atoms in total. The number of nitrogens with zero attached hydrogens (tertiary/aromatic N) is 1. The van der Waals surface area contributed by atoms with Gasteiger partial charge < -0.3 is 35.1 Å². The SMILES string of the molecule is CCN1CCOc2ccccc2C(=O)N[C@H](C(=O)N[C@H](C)COc2ccc(F)cc2Oc2ccccc2)CC(=O)N[C@@H](CC(C)C)C1=O. The molecule has 1 aliphatic rings. The smallest absolute Gasteiger partial charge is 0.255 e. The minimum atomic E-state index is -1.30. The van der Waals surface area contributed by atoms with Gasteiger partial charge in [0.05, 0.1) is 24.6 Å². The lowest BCUT2D eigenvalue weighted by Gasteiger charge is -2.29. The normalized spacial score (nSPS) is 18.0. The summed E-state index contributed by atoms with van der Waals surface area (Å²) in [6.45, 7) is 8.17. The molecule has 1 aliphatic heterocycles. The molecule has 3 atom stereocenters. The van der Waals surface area contributed by atoms with Gasteiger partial charge in [0.2, 0.25) is 17.7 Å². The minimum Gasteiger partial charge on any atom is -0.491 e. The molecule has 0 aliphatic carbocycles. The van der Waals surface area contributed by atoms with Gasteiger partial charge in [-0.1, -0.05) is 44.2 Å². The number of amides is 4. The molecule has 3 aromatic carbocycles. The number of carbonyl (C=O) groups excluding carboxylic acids is 4. The van der Waals surface area contributed by atoms with Crippen molar-refractivity contribution in [3.8, 4) is 23.0 Å². The molecular formula is C36H43FN4O7. The van der Waals surface area contributed by atoms with Crippen LogP contribution < -0.4 is 30.2 Å². The van der Waals surface area contributed by atoms with E-state index in [4.69, 9.17) is 14.2 Å². The van der Waals surface area contributed by atoms with Crippen LogP contribution in [0.15, 0.2) is 72.8 Å². The molecule has 0 radical (unpaired) electrons. The number of para-hydroxylation sites is 2. The fourth-order valence-corrected chi connectivity index (χ4v) is 5.16. The Morgan fingerprint density at radius 2 is 1.73 bits per heavy atom. The molecule has 0 bridgehead atoms. The van der Waals surface area contributed by atoms with Gasteiger partial charge in [0.15, 0.2) is 11.5 Å². The number of fused-ring (bicyclic) bond motifs is 1. The molecular weight excluding hydrogens is 619 g/mol. The van der Waals surface area contributed by atoms with E-state index >= 15 is 0 Å². The zero-order valence-electron chi connectivity index (χ0n) is 27.7. The summed E-state index contributed by atoms with van der Waals surface area (Å²) in [5.74, 6) is -1.28. The predicted octanol–water partition coefficient (Wildman–Crippen LogP) is 4.46. The van der Waals surface area contributed by atoms with Gasteiger partial charge in [0.25, 0.3) is 5.91 Å². The largest absolute Gasteiger partial charge is 0.491 e. The molecule has 12 heteroatoms. The van der Waals surface area contributed by atoms with E-state index < -0.39 is 48.1 Å². The van der Waals surface area contributed by atoms with Crippen molar-refractivity contribution in [2.24, 2.45) is 5.92 Å². The van der Waals surface area contributed by atoms with Gasteiger partial charge in [-0.2, -0.15) is 0 Å². The van der Waals surface area contributed by atoms with Crippen LogP contribution in [0.25, 0.3) is 0 Å². The van der Waals surface area contributed by atoms with Crippen molar-refractivity contribution in [1.29, 1.82) is 0 Å². The van der Waals surface area contributed by atoms with E-state index in [1.54, 1.807) is 60.4 Å². The number of hydrogen-bond acceptors (Lipinski definition) is 7. The second kappa shape index (κ2) is 17.1. The molecule has 3 aromatic rings. The second-order valence-corrected chi connectivity index (χ2v) is 12.0. The van der Waals surface area contributed by atoms with Gasteiger partial charge in [-0.25, -0.2) is 4.39 Å². The maximum Gasteiger partial charge on any atom is 0.255 e. The molecule has 0 fully saturated rings. The summed E-state index contributed by atoms with van der Waals surface area (Å²) in [5, 5.41) is 8.26. The first-order chi connectivity index (χ1) is 23.0. The highest BCUT2D eigenvalue weighted by atomic mass is 19.1. The van der Waals surface area contributed by atoms with Gasteiger partial charge in [-0.05, 0) is 62.6 Å². The number of nitrogens with one attached hydrogen (secondary N) is 3. The Morgan fingerprint density at radius 3 is 2.46 bits per heavy atom. The van der Waals surface area contributed by atoms with Crippen LogP contribution in [0.4, 0.5) is 4.39 Å². The topological polar surface area (TPSA) is 135 Å². The van der Waals surface area contributed by atoms with E-state index in [9.17, 15) is 23.6 Å². The van der Waals surface area contributed by atoms with Crippen LogP contribution >= 0.6 is 0 Å². The maximum absolute atomic E-state index is 14.0. The Kier molecular flexibility index (Phi) is 12.8. The highest BCUT2D eigenvalue weighted by molar-refractivity contribution is 6.01. The van der Waals surface area contributed by atoms with Crippen molar-refractivity contribution in [2.75, 3.05) is 26.3 Å². The summed E-state index contributed by atoms with van der Waals surface area (Å²) in [5.41, 5.74) is 0.179. The van der Waals surface area contributed by atoms with E-state index in [1.807, 2.05) is 26.8 Å². The van der Waals surface area contributed by atoms with Crippen LogP contribution in [-0.4, -0.2) is 73.0 Å². The number of benzene rings is 3. The third-order valence-corrected chi connectivity index (χ3v) is 7.55. The Balaban J connectivity index is 1.51. The zero-order chi connectivity index (χ0) is 34.6. The molecule has 256 valence electrons. The Bertz CT molecular complexity index is 1570. The Labute approximate surface area is 280 Å². The summed E-state index contributed by atoms with van der Waals surface area (Å²) in [6, 6.07) is 16.5. The van der Waals surface area contributed by atoms with Gasteiger partial charge in [0, 0.05) is 12.6 Å². The summed E-state index contributed by atoms with van der Waals surface area (Å²) >= 11 is 0. The number of ether oxygens (including phenoxy) is 3. The summed E-state index contributed by atoms with van der Waals surface area (Å²) in [6.07, 6.45) is -0.0308. The van der Waals surface area contributed by atoms with E-state index in [0.29, 0.717) is 18.7 Å². The first-order valence-corrected chi connectivity index (χ1v) is 16.1. The molecule has 3 N–H and O–H groups in total. The van der Waals surface area contributed by atoms with Crippen LogP contribution in [0.5, 0.6) is 23.0 Å². The summed E-state index contributed by atoms with van der Waals surface area (Å²) in [7, 11) is 0. The quantitative estimate of drug-likeness (QED) is 0.292. The minimum absolute atomic E-state index is 0.0378. The first kappa shape index (κ1) is 35.7. The predicted molar refractivity (Wildman–Crippen MR) is 177 cm³/mol. The van der Waals surface area contributed by atoms with Crippen LogP contribution in [0.3, 0.4) is 0 Å². The van der Waals surface area contributed by atoms with E-state index in [2.05, 4.69) is 16.0 Å². The number of halogens is 1. The highest BCUT2D eigenvalue weighted by Gasteiger charge is 2.31. The molecule has 0 spiro atoms. The van der Waals surface area contributed by atoms with Crippen LogP contribution in [0, 0.1) is 11.7 Å². The van der Waals surface area contributed by atoms with Gasteiger partial charge in [-0.3, -0.25) is 19.2 Å². The Morgan fingerprint density at radius 1 is 1.00 bits per heavy atom. The maximum atomic E-state index is 14.0. The lowest BCUT2D eigenvalue weighted by molar-refractivity contribution is -0.137. The summed E-state index contributed by atoms with van der Waals surface area (Å²) < 4.78 is 31.7. The first-order valence-electron chi connectivity index (χ1n) is 16.1. The van der Waals surface area contributed by atoms with Crippen molar-refractivity contribution >= 4 is 23.6 Å². The monoisotopic (exact) mass is 662 g/mol.